The van der Waals surface area contributed by atoms with Crippen molar-refractivity contribution in [3.8, 4) is 33.7 Å². The monoisotopic (exact) mass is 608 g/mol. The molecule has 0 spiro atoms. The first-order chi connectivity index (χ1) is 20.9. The van der Waals surface area contributed by atoms with Crippen LogP contribution in [-0.2, 0) is 11.8 Å². The molecule has 9 nitrogen and oxygen atoms in total. The minimum atomic E-state index is -0.571. The zero-order chi connectivity index (χ0) is 31.8. The summed E-state index contributed by atoms with van der Waals surface area (Å²) < 4.78 is 36.7. The average Bonchev–Trinajstić information content (AvgIpc) is 3.35. The fraction of sp³-hybridized carbons (Fsp3) is 0.344. The standard InChI is InChI=1S/C32H35ClFN5O4/c1-20-19-37(31(41)43-32(2,3)4)12-14-38(20)28-16-22(9-10-35-28)25-18-23(34)17-24(29(25)42-6)21-7-8-27(26(33)15-21)39-13-11-36(5)30(39)40/h7-11,13,15-18,20H,12,14,19H2,1-6H3/t20-/m0/s1/i5D. The Morgan fingerprint density at radius 3 is 2.42 bits per heavy atom. The molecule has 1 aliphatic rings. The van der Waals surface area contributed by atoms with Crippen molar-refractivity contribution >= 4 is 23.5 Å². The van der Waals surface area contributed by atoms with E-state index in [1.54, 1.807) is 41.6 Å². The molecule has 1 atom stereocenters. The van der Waals surface area contributed by atoms with Crippen LogP contribution in [0.5, 0.6) is 5.75 Å². The van der Waals surface area contributed by atoms with Crippen molar-refractivity contribution in [2.24, 2.45) is 7.02 Å². The number of aromatic nitrogens is 3. The van der Waals surface area contributed by atoms with E-state index < -0.39 is 11.4 Å². The first-order valence-electron chi connectivity index (χ1n) is 14.6. The van der Waals surface area contributed by atoms with Crippen molar-refractivity contribution in [1.82, 2.24) is 19.0 Å². The van der Waals surface area contributed by atoms with Gasteiger partial charge in [0.15, 0.2) is 0 Å². The van der Waals surface area contributed by atoms with Crippen LogP contribution in [0, 0.1) is 5.82 Å². The lowest BCUT2D eigenvalue weighted by atomic mass is 9.97. The number of aryl methyl sites for hydroxylation is 1. The highest BCUT2D eigenvalue weighted by Crippen LogP contribution is 2.41. The fourth-order valence-electron chi connectivity index (χ4n) is 5.24. The third kappa shape index (κ3) is 6.24. The van der Waals surface area contributed by atoms with Crippen molar-refractivity contribution in [2.45, 2.75) is 39.3 Å². The van der Waals surface area contributed by atoms with E-state index in [2.05, 4.69) is 9.88 Å². The molecule has 3 heterocycles. The summed E-state index contributed by atoms with van der Waals surface area (Å²) >= 11 is 6.62. The van der Waals surface area contributed by atoms with Gasteiger partial charge in [-0.1, -0.05) is 17.7 Å². The molecule has 0 radical (unpaired) electrons. The summed E-state index contributed by atoms with van der Waals surface area (Å²) in [7, 11) is 1.32. The van der Waals surface area contributed by atoms with Crippen molar-refractivity contribution in [3.63, 3.8) is 0 Å². The van der Waals surface area contributed by atoms with E-state index >= 15 is 4.39 Å². The maximum atomic E-state index is 15.2. The van der Waals surface area contributed by atoms with Crippen LogP contribution in [0.2, 0.25) is 5.02 Å². The molecule has 2 aromatic heterocycles. The number of anilines is 1. The van der Waals surface area contributed by atoms with E-state index in [0.717, 1.165) is 0 Å². The molecule has 0 N–H and O–H groups in total. The minimum Gasteiger partial charge on any atom is -0.495 e. The highest BCUT2D eigenvalue weighted by atomic mass is 35.5. The Bertz CT molecular complexity index is 1750. The fourth-order valence-corrected chi connectivity index (χ4v) is 5.51. The van der Waals surface area contributed by atoms with Gasteiger partial charge in [0.05, 0.1) is 17.8 Å². The SMILES string of the molecule is [2H]Cn1ccn(-c2ccc(-c3cc(F)cc(-c4ccnc(N5CCN(C(=O)OC(C)(C)C)C[C@@H]5C)c4)c3OC)cc2Cl)c1=O. The van der Waals surface area contributed by atoms with Crippen molar-refractivity contribution in [2.75, 3.05) is 31.6 Å². The average molecular weight is 609 g/mol. The predicted molar refractivity (Wildman–Crippen MR) is 166 cm³/mol. The Kier molecular flexibility index (Phi) is 7.87. The number of piperazine rings is 1. The second kappa shape index (κ2) is 11.8. The van der Waals surface area contributed by atoms with Gasteiger partial charge in [-0.25, -0.2) is 19.0 Å². The Labute approximate surface area is 256 Å². The van der Waals surface area contributed by atoms with E-state index in [0.29, 0.717) is 59.1 Å². The van der Waals surface area contributed by atoms with E-state index in [9.17, 15) is 9.59 Å². The Morgan fingerprint density at radius 2 is 1.81 bits per heavy atom. The number of hydrogen-bond acceptors (Lipinski definition) is 6. The molecule has 2 aromatic carbocycles. The Balaban J connectivity index is 1.45. The molecule has 1 fully saturated rings. The number of nitrogens with zero attached hydrogens (tertiary/aromatic N) is 5. The summed E-state index contributed by atoms with van der Waals surface area (Å²) in [4.78, 5) is 33.6. The minimum absolute atomic E-state index is 0.0323. The van der Waals surface area contributed by atoms with Gasteiger partial charge in [0.25, 0.3) is 0 Å². The highest BCUT2D eigenvalue weighted by molar-refractivity contribution is 6.32. The molecule has 0 bridgehead atoms. The summed E-state index contributed by atoms with van der Waals surface area (Å²) in [5.41, 5.74) is 1.83. The Hall–Kier alpha value is -4.31. The predicted octanol–water partition coefficient (Wildman–Crippen LogP) is 6.15. The van der Waals surface area contributed by atoms with E-state index in [1.807, 2.05) is 33.8 Å². The highest BCUT2D eigenvalue weighted by Gasteiger charge is 2.30. The maximum Gasteiger partial charge on any atom is 0.410 e. The van der Waals surface area contributed by atoms with E-state index in [4.69, 9.17) is 22.4 Å². The van der Waals surface area contributed by atoms with Gasteiger partial charge in [-0.15, -0.1) is 0 Å². The van der Waals surface area contributed by atoms with Gasteiger partial charge in [0.2, 0.25) is 0 Å². The number of benzene rings is 2. The molecule has 0 saturated carbocycles. The summed E-state index contributed by atoms with van der Waals surface area (Å²) in [5.74, 6) is 0.689. The molecule has 11 heteroatoms. The zero-order valence-corrected chi connectivity index (χ0v) is 25.6. The number of carbonyl (C=O) groups is 1. The molecule has 1 aliphatic heterocycles. The number of rotatable bonds is 5. The lowest BCUT2D eigenvalue weighted by Crippen LogP contribution is -2.54. The number of ether oxygens (including phenoxy) is 2. The largest absolute Gasteiger partial charge is 0.495 e. The van der Waals surface area contributed by atoms with E-state index in [1.165, 1.54) is 34.6 Å². The van der Waals surface area contributed by atoms with Crippen LogP contribution in [0.25, 0.3) is 27.9 Å². The van der Waals surface area contributed by atoms with Crippen LogP contribution >= 0.6 is 11.6 Å². The molecule has 1 amide bonds. The summed E-state index contributed by atoms with van der Waals surface area (Å²) in [5, 5.41) is 0.283. The van der Waals surface area contributed by atoms with Gasteiger partial charge in [0.1, 0.15) is 23.0 Å². The van der Waals surface area contributed by atoms with Crippen LogP contribution in [0.1, 0.15) is 29.1 Å². The first-order valence-corrected chi connectivity index (χ1v) is 14.2. The lowest BCUT2D eigenvalue weighted by molar-refractivity contribution is 0.0218. The Morgan fingerprint density at radius 1 is 1.09 bits per heavy atom. The van der Waals surface area contributed by atoms with Crippen LogP contribution in [0.15, 0.2) is 65.8 Å². The van der Waals surface area contributed by atoms with Crippen molar-refractivity contribution in [1.29, 1.82) is 0 Å². The number of methoxy groups -OCH3 is 1. The molecular formula is C32H35ClFN5O4. The molecule has 4 aromatic rings. The number of imidazole rings is 1. The van der Waals surface area contributed by atoms with Crippen LogP contribution < -0.4 is 15.3 Å². The molecule has 43 heavy (non-hydrogen) atoms. The number of halogens is 2. The number of hydrogen-bond donors (Lipinski definition) is 0. The number of carbonyl (C=O) groups excluding carboxylic acids is 1. The molecular weight excluding hydrogens is 573 g/mol. The maximum absolute atomic E-state index is 15.2. The quantitative estimate of drug-likeness (QED) is 0.270. The summed E-state index contributed by atoms with van der Waals surface area (Å²) in [6, 6.07) is 11.5. The molecule has 0 unspecified atom stereocenters. The summed E-state index contributed by atoms with van der Waals surface area (Å²) in [6.07, 6.45) is 4.41. The van der Waals surface area contributed by atoms with Crippen LogP contribution in [0.4, 0.5) is 15.0 Å². The van der Waals surface area contributed by atoms with E-state index in [-0.39, 0.29) is 29.9 Å². The van der Waals surface area contributed by atoms with Gasteiger partial charge in [0, 0.05) is 63.8 Å². The number of pyridine rings is 1. The van der Waals surface area contributed by atoms with Gasteiger partial charge in [-0.05, 0) is 75.2 Å². The number of amides is 1. The van der Waals surface area contributed by atoms with Gasteiger partial charge >= 0.3 is 11.8 Å². The first kappa shape index (κ1) is 28.8. The second-order valence-electron chi connectivity index (χ2n) is 11.5. The second-order valence-corrected chi connectivity index (χ2v) is 11.9. The topological polar surface area (TPSA) is 81.8 Å². The third-order valence-corrected chi connectivity index (χ3v) is 7.56. The van der Waals surface area contributed by atoms with Gasteiger partial charge < -0.3 is 23.8 Å². The lowest BCUT2D eigenvalue weighted by Gasteiger charge is -2.40. The molecule has 1 saturated heterocycles. The third-order valence-electron chi connectivity index (χ3n) is 7.25. The summed E-state index contributed by atoms with van der Waals surface area (Å²) in [6.45, 7) is 9.08. The normalized spacial score (nSPS) is 15.8. The molecule has 5 rings (SSSR count). The van der Waals surface area contributed by atoms with Crippen molar-refractivity contribution in [3.05, 3.63) is 82.4 Å². The van der Waals surface area contributed by atoms with Gasteiger partial charge in [-0.3, -0.25) is 4.57 Å². The zero-order valence-electron chi connectivity index (χ0n) is 25.8. The molecule has 0 aliphatic carbocycles. The molecule has 226 valence electrons. The van der Waals surface area contributed by atoms with Crippen molar-refractivity contribution < 1.29 is 20.0 Å². The smallest absolute Gasteiger partial charge is 0.410 e. The van der Waals surface area contributed by atoms with Gasteiger partial charge in [-0.2, -0.15) is 0 Å². The van der Waals surface area contributed by atoms with Crippen LogP contribution in [-0.4, -0.2) is 63.5 Å². The van der Waals surface area contributed by atoms with Crippen LogP contribution in [0.3, 0.4) is 0 Å².